The summed E-state index contributed by atoms with van der Waals surface area (Å²) >= 11 is 0. The summed E-state index contributed by atoms with van der Waals surface area (Å²) in [4.78, 5) is 4.28. The zero-order chi connectivity index (χ0) is 15.4. The van der Waals surface area contributed by atoms with Gasteiger partial charge in [0.15, 0.2) is 0 Å². The fourth-order valence-electron chi connectivity index (χ4n) is 1.96. The second kappa shape index (κ2) is 6.26. The maximum absolute atomic E-state index is 13.5. The quantitative estimate of drug-likeness (QED) is 0.781. The molecule has 0 aliphatic heterocycles. The topological polar surface area (TPSA) is 60.2 Å². The molecule has 1 aromatic heterocycles. The van der Waals surface area contributed by atoms with Gasteiger partial charge in [-0.15, -0.1) is 0 Å². The van der Waals surface area contributed by atoms with E-state index in [0.29, 0.717) is 17.4 Å². The lowest BCUT2D eigenvalue weighted by atomic mass is 10.2. The Morgan fingerprint density at radius 3 is 2.64 bits per heavy atom. The van der Waals surface area contributed by atoms with Crippen molar-refractivity contribution in [2.75, 3.05) is 12.4 Å². The van der Waals surface area contributed by atoms with Crippen molar-refractivity contribution in [1.82, 2.24) is 10.1 Å². The zero-order valence-electron chi connectivity index (χ0n) is 11.9. The summed E-state index contributed by atoms with van der Waals surface area (Å²) in [6, 6.07) is 13.8. The standard InChI is InChI=1S/C16H14FN3O2/c1-21-12-8-6-11(7-9-12)16-19-15(22-20-16)10-18-14-5-3-2-4-13(14)17/h2-9,18H,10H2,1H3. The molecule has 0 bridgehead atoms. The van der Waals surface area contributed by atoms with E-state index in [1.54, 1.807) is 25.3 Å². The number of methoxy groups -OCH3 is 1. The summed E-state index contributed by atoms with van der Waals surface area (Å²) < 4.78 is 23.8. The summed E-state index contributed by atoms with van der Waals surface area (Å²) in [5.74, 6) is 1.30. The van der Waals surface area contributed by atoms with Crippen LogP contribution in [-0.4, -0.2) is 17.3 Å². The Bertz CT molecular complexity index is 756. The maximum atomic E-state index is 13.5. The van der Waals surface area contributed by atoms with Gasteiger partial charge in [-0.25, -0.2) is 4.39 Å². The second-order valence-electron chi connectivity index (χ2n) is 4.57. The Morgan fingerprint density at radius 2 is 1.91 bits per heavy atom. The normalized spacial score (nSPS) is 10.5. The maximum Gasteiger partial charge on any atom is 0.246 e. The highest BCUT2D eigenvalue weighted by molar-refractivity contribution is 5.55. The number of ether oxygens (including phenoxy) is 1. The number of halogens is 1. The van der Waals surface area contributed by atoms with E-state index in [1.165, 1.54) is 6.07 Å². The summed E-state index contributed by atoms with van der Waals surface area (Å²) in [5, 5.41) is 6.84. The number of nitrogens with one attached hydrogen (secondary N) is 1. The number of nitrogens with zero attached hydrogens (tertiary/aromatic N) is 2. The molecule has 0 spiro atoms. The van der Waals surface area contributed by atoms with Crippen molar-refractivity contribution in [2.45, 2.75) is 6.54 Å². The van der Waals surface area contributed by atoms with Gasteiger partial charge in [-0.3, -0.25) is 0 Å². The van der Waals surface area contributed by atoms with Crippen molar-refractivity contribution in [3.8, 4) is 17.1 Å². The highest BCUT2D eigenvalue weighted by Crippen LogP contribution is 2.20. The van der Waals surface area contributed by atoms with Gasteiger partial charge in [0.1, 0.15) is 11.6 Å². The summed E-state index contributed by atoms with van der Waals surface area (Å²) in [6.45, 7) is 0.254. The molecule has 3 rings (SSSR count). The molecule has 1 heterocycles. The number of aromatic nitrogens is 2. The number of hydrogen-bond donors (Lipinski definition) is 1. The van der Waals surface area contributed by atoms with Crippen LogP contribution in [0, 0.1) is 5.82 Å². The van der Waals surface area contributed by atoms with E-state index in [2.05, 4.69) is 15.5 Å². The smallest absolute Gasteiger partial charge is 0.246 e. The molecule has 1 N–H and O–H groups in total. The van der Waals surface area contributed by atoms with E-state index in [4.69, 9.17) is 9.26 Å². The number of rotatable bonds is 5. The first-order chi connectivity index (χ1) is 10.8. The average molecular weight is 299 g/mol. The molecule has 0 saturated carbocycles. The second-order valence-corrected chi connectivity index (χ2v) is 4.57. The summed E-state index contributed by atoms with van der Waals surface area (Å²) in [6.07, 6.45) is 0. The van der Waals surface area contributed by atoms with E-state index >= 15 is 0 Å². The highest BCUT2D eigenvalue weighted by Gasteiger charge is 2.09. The van der Waals surface area contributed by atoms with Crippen LogP contribution < -0.4 is 10.1 Å². The predicted octanol–water partition coefficient (Wildman–Crippen LogP) is 3.50. The average Bonchev–Trinajstić information content (AvgIpc) is 3.03. The molecule has 0 radical (unpaired) electrons. The number of hydrogen-bond acceptors (Lipinski definition) is 5. The van der Waals surface area contributed by atoms with Gasteiger partial charge in [-0.2, -0.15) is 4.98 Å². The molecular formula is C16H14FN3O2. The molecule has 112 valence electrons. The molecule has 3 aromatic rings. The van der Waals surface area contributed by atoms with Gasteiger partial charge < -0.3 is 14.6 Å². The molecule has 6 heteroatoms. The Hall–Kier alpha value is -2.89. The van der Waals surface area contributed by atoms with Gasteiger partial charge in [-0.1, -0.05) is 17.3 Å². The van der Waals surface area contributed by atoms with Crippen LogP contribution in [0.15, 0.2) is 53.1 Å². The van der Waals surface area contributed by atoms with Crippen LogP contribution >= 0.6 is 0 Å². The van der Waals surface area contributed by atoms with Gasteiger partial charge in [0.2, 0.25) is 11.7 Å². The first-order valence-corrected chi connectivity index (χ1v) is 6.71. The van der Waals surface area contributed by atoms with Crippen LogP contribution in [-0.2, 0) is 6.54 Å². The number of para-hydroxylation sites is 1. The van der Waals surface area contributed by atoms with Crippen molar-refractivity contribution >= 4 is 5.69 Å². The third-order valence-electron chi connectivity index (χ3n) is 3.12. The van der Waals surface area contributed by atoms with Crippen LogP contribution in [0.3, 0.4) is 0 Å². The van der Waals surface area contributed by atoms with Gasteiger partial charge in [0.05, 0.1) is 19.3 Å². The lowest BCUT2D eigenvalue weighted by molar-refractivity contribution is 0.384. The van der Waals surface area contributed by atoms with E-state index in [1.807, 2.05) is 24.3 Å². The third-order valence-corrected chi connectivity index (χ3v) is 3.12. The van der Waals surface area contributed by atoms with Crippen LogP contribution in [0.25, 0.3) is 11.4 Å². The van der Waals surface area contributed by atoms with E-state index in [0.717, 1.165) is 11.3 Å². The van der Waals surface area contributed by atoms with Crippen LogP contribution in [0.2, 0.25) is 0 Å². The summed E-state index contributed by atoms with van der Waals surface area (Å²) in [7, 11) is 1.61. The molecule has 0 atom stereocenters. The molecule has 0 unspecified atom stereocenters. The molecule has 5 nitrogen and oxygen atoms in total. The van der Waals surface area contributed by atoms with Crippen LogP contribution in [0.5, 0.6) is 5.75 Å². The van der Waals surface area contributed by atoms with E-state index < -0.39 is 0 Å². The van der Waals surface area contributed by atoms with Gasteiger partial charge >= 0.3 is 0 Å². The Morgan fingerprint density at radius 1 is 1.14 bits per heavy atom. The van der Waals surface area contributed by atoms with Gasteiger partial charge in [-0.05, 0) is 36.4 Å². The minimum atomic E-state index is -0.322. The first-order valence-electron chi connectivity index (χ1n) is 6.71. The Kier molecular flexibility index (Phi) is 4.00. The van der Waals surface area contributed by atoms with Crippen molar-refractivity contribution in [2.24, 2.45) is 0 Å². The molecule has 0 amide bonds. The first kappa shape index (κ1) is 14.1. The fraction of sp³-hybridized carbons (Fsp3) is 0.125. The molecule has 0 aliphatic carbocycles. The van der Waals surface area contributed by atoms with Crippen molar-refractivity contribution < 1.29 is 13.7 Å². The molecule has 0 saturated heterocycles. The van der Waals surface area contributed by atoms with Crippen molar-refractivity contribution in [1.29, 1.82) is 0 Å². The monoisotopic (exact) mass is 299 g/mol. The molecule has 2 aromatic carbocycles. The SMILES string of the molecule is COc1ccc(-c2noc(CNc3ccccc3F)n2)cc1. The van der Waals surface area contributed by atoms with Gasteiger partial charge in [0, 0.05) is 5.56 Å². The molecular weight excluding hydrogens is 285 g/mol. The zero-order valence-corrected chi connectivity index (χ0v) is 11.9. The molecule has 22 heavy (non-hydrogen) atoms. The Balaban J connectivity index is 1.69. The van der Waals surface area contributed by atoms with Crippen LogP contribution in [0.4, 0.5) is 10.1 Å². The van der Waals surface area contributed by atoms with Gasteiger partial charge in [0.25, 0.3) is 0 Å². The Labute approximate surface area is 126 Å². The number of anilines is 1. The van der Waals surface area contributed by atoms with Crippen molar-refractivity contribution in [3.05, 3.63) is 60.2 Å². The highest BCUT2D eigenvalue weighted by atomic mass is 19.1. The van der Waals surface area contributed by atoms with E-state index in [9.17, 15) is 4.39 Å². The predicted molar refractivity (Wildman–Crippen MR) is 80.0 cm³/mol. The lowest BCUT2D eigenvalue weighted by Gasteiger charge is -2.03. The molecule has 0 aliphatic rings. The summed E-state index contributed by atoms with van der Waals surface area (Å²) in [5.41, 5.74) is 1.22. The lowest BCUT2D eigenvalue weighted by Crippen LogP contribution is -2.01. The van der Waals surface area contributed by atoms with Crippen molar-refractivity contribution in [3.63, 3.8) is 0 Å². The minimum Gasteiger partial charge on any atom is -0.497 e. The largest absolute Gasteiger partial charge is 0.497 e. The molecule has 0 fully saturated rings. The van der Waals surface area contributed by atoms with E-state index in [-0.39, 0.29) is 12.4 Å². The van der Waals surface area contributed by atoms with Crippen LogP contribution in [0.1, 0.15) is 5.89 Å². The minimum absolute atomic E-state index is 0.254. The third kappa shape index (κ3) is 3.06. The number of benzene rings is 2. The fourth-order valence-corrected chi connectivity index (χ4v) is 1.96.